The first-order valence-corrected chi connectivity index (χ1v) is 5.05. The van der Waals surface area contributed by atoms with Crippen LogP contribution in [0.1, 0.15) is 0 Å². The van der Waals surface area contributed by atoms with E-state index in [1.54, 1.807) is 29.4 Å². The maximum Gasteiger partial charge on any atom is 0.333 e. The number of hydrazine groups is 1. The zero-order valence-corrected chi connectivity index (χ0v) is 8.93. The van der Waals surface area contributed by atoms with Crippen molar-refractivity contribution in [1.29, 1.82) is 0 Å². The summed E-state index contributed by atoms with van der Waals surface area (Å²) >= 11 is 0. The lowest BCUT2D eigenvalue weighted by molar-refractivity contribution is -0.132. The summed E-state index contributed by atoms with van der Waals surface area (Å²) < 4.78 is 12.9. The Morgan fingerprint density at radius 2 is 2.29 bits per heavy atom. The van der Waals surface area contributed by atoms with Crippen LogP contribution in [0.4, 0.5) is 10.1 Å². The average molecular weight is 234 g/mol. The predicted octanol–water partition coefficient (Wildman–Crippen LogP) is 1.99. The number of carboxylic acids is 1. The minimum atomic E-state index is -0.958. The summed E-state index contributed by atoms with van der Waals surface area (Å²) in [5.41, 5.74) is 3.75. The molecular weight excluding hydrogens is 223 g/mol. The molecular formula is C12H11FN2O2. The smallest absolute Gasteiger partial charge is 0.333 e. The maximum atomic E-state index is 12.9. The third kappa shape index (κ3) is 2.84. The van der Waals surface area contributed by atoms with Gasteiger partial charge in [-0.3, -0.25) is 10.4 Å². The molecule has 0 unspecified atom stereocenters. The van der Waals surface area contributed by atoms with Gasteiger partial charge in [0.15, 0.2) is 0 Å². The number of carboxylic acid groups (broad SMARTS) is 1. The van der Waals surface area contributed by atoms with E-state index in [0.29, 0.717) is 5.69 Å². The number of hydrogen-bond donors (Lipinski definition) is 2. The number of rotatable bonds is 3. The van der Waals surface area contributed by atoms with Gasteiger partial charge in [0, 0.05) is 6.20 Å². The second kappa shape index (κ2) is 4.69. The van der Waals surface area contributed by atoms with E-state index in [-0.39, 0.29) is 17.9 Å². The number of benzene rings is 1. The van der Waals surface area contributed by atoms with Crippen LogP contribution in [0, 0.1) is 5.82 Å². The quantitative estimate of drug-likeness (QED) is 0.839. The second-order valence-corrected chi connectivity index (χ2v) is 3.59. The van der Waals surface area contributed by atoms with Gasteiger partial charge in [-0.05, 0) is 30.4 Å². The first kappa shape index (κ1) is 11.2. The Kier molecular flexibility index (Phi) is 3.09. The topological polar surface area (TPSA) is 52.6 Å². The van der Waals surface area contributed by atoms with Crippen LogP contribution < -0.4 is 5.43 Å². The lowest BCUT2D eigenvalue weighted by Crippen LogP contribution is -2.30. The molecule has 0 spiro atoms. The van der Waals surface area contributed by atoms with E-state index >= 15 is 0 Å². The minimum Gasteiger partial charge on any atom is -0.478 e. The molecule has 4 nitrogen and oxygen atoms in total. The Morgan fingerprint density at radius 1 is 1.47 bits per heavy atom. The molecule has 0 fully saturated rings. The van der Waals surface area contributed by atoms with Crippen LogP contribution in [0.5, 0.6) is 0 Å². The van der Waals surface area contributed by atoms with Crippen molar-refractivity contribution < 1.29 is 14.3 Å². The number of halogens is 1. The third-order valence-corrected chi connectivity index (χ3v) is 2.28. The van der Waals surface area contributed by atoms with Gasteiger partial charge in [0.1, 0.15) is 5.82 Å². The Labute approximate surface area is 97.6 Å². The molecule has 1 aromatic carbocycles. The fraction of sp³-hybridized carbons (Fsp3) is 0.0833. The van der Waals surface area contributed by atoms with Crippen LogP contribution >= 0.6 is 0 Å². The predicted molar refractivity (Wildman–Crippen MR) is 61.6 cm³/mol. The van der Waals surface area contributed by atoms with Gasteiger partial charge in [-0.2, -0.15) is 0 Å². The van der Waals surface area contributed by atoms with E-state index < -0.39 is 5.97 Å². The van der Waals surface area contributed by atoms with E-state index in [9.17, 15) is 9.18 Å². The minimum absolute atomic E-state index is 0.225. The van der Waals surface area contributed by atoms with Gasteiger partial charge < -0.3 is 5.11 Å². The van der Waals surface area contributed by atoms with Crippen LogP contribution in [0.3, 0.4) is 0 Å². The summed E-state index contributed by atoms with van der Waals surface area (Å²) in [4.78, 5) is 10.8. The van der Waals surface area contributed by atoms with E-state index in [1.165, 1.54) is 18.2 Å². The van der Waals surface area contributed by atoms with Gasteiger partial charge in [0.05, 0.1) is 17.8 Å². The lowest BCUT2D eigenvalue weighted by Gasteiger charge is -2.24. The number of anilines is 1. The van der Waals surface area contributed by atoms with Gasteiger partial charge in [-0.1, -0.05) is 6.07 Å². The summed E-state index contributed by atoms with van der Waals surface area (Å²) in [6.45, 7) is 0.225. The molecule has 2 rings (SSSR count). The maximum absolute atomic E-state index is 12.9. The molecule has 1 aromatic rings. The highest BCUT2D eigenvalue weighted by Gasteiger charge is 2.13. The third-order valence-electron chi connectivity index (χ3n) is 2.28. The number of allylic oxidation sites excluding steroid dienone is 2. The van der Waals surface area contributed by atoms with Crippen LogP contribution in [0.25, 0.3) is 0 Å². The molecule has 2 N–H and O–H groups in total. The van der Waals surface area contributed by atoms with Crippen molar-refractivity contribution in [3.05, 3.63) is 54.0 Å². The standard InChI is InChI=1S/C12H11FN2O2/c13-10-4-1-5-11(7-10)14-15-6-2-3-9(8-15)12(16)17/h1-7,14H,8H2,(H,16,17). The highest BCUT2D eigenvalue weighted by atomic mass is 19.1. The molecule has 0 saturated carbocycles. The molecule has 17 heavy (non-hydrogen) atoms. The summed E-state index contributed by atoms with van der Waals surface area (Å²) in [7, 11) is 0. The number of hydrogen-bond acceptors (Lipinski definition) is 3. The molecule has 0 atom stereocenters. The van der Waals surface area contributed by atoms with Crippen molar-refractivity contribution in [2.24, 2.45) is 0 Å². The monoisotopic (exact) mass is 234 g/mol. The van der Waals surface area contributed by atoms with Gasteiger partial charge in [-0.25, -0.2) is 9.18 Å². The average Bonchev–Trinajstić information content (AvgIpc) is 2.29. The van der Waals surface area contributed by atoms with E-state index in [2.05, 4.69) is 5.43 Å². The van der Waals surface area contributed by atoms with Crippen LogP contribution in [0.2, 0.25) is 0 Å². The SMILES string of the molecule is O=C(O)C1=CC=CN(Nc2cccc(F)c2)C1. The normalized spacial score (nSPS) is 14.4. The molecule has 88 valence electrons. The molecule has 1 aliphatic heterocycles. The van der Waals surface area contributed by atoms with Gasteiger partial charge >= 0.3 is 5.97 Å². The molecule has 0 aromatic heterocycles. The van der Waals surface area contributed by atoms with Crippen molar-refractivity contribution >= 4 is 11.7 Å². The van der Waals surface area contributed by atoms with E-state index in [0.717, 1.165) is 0 Å². The summed E-state index contributed by atoms with van der Waals surface area (Å²) in [5.74, 6) is -1.30. The fourth-order valence-electron chi connectivity index (χ4n) is 1.49. The molecule has 5 heteroatoms. The molecule has 0 bridgehead atoms. The zero-order chi connectivity index (χ0) is 12.3. The summed E-state index contributed by atoms with van der Waals surface area (Å²) in [5, 5.41) is 10.4. The van der Waals surface area contributed by atoms with E-state index in [1.807, 2.05) is 0 Å². The van der Waals surface area contributed by atoms with Crippen LogP contribution in [-0.2, 0) is 4.79 Å². The molecule has 0 saturated heterocycles. The molecule has 0 amide bonds. The number of nitrogens with zero attached hydrogens (tertiary/aromatic N) is 1. The van der Waals surface area contributed by atoms with Crippen molar-refractivity contribution in [1.82, 2.24) is 5.01 Å². The van der Waals surface area contributed by atoms with Crippen LogP contribution in [-0.4, -0.2) is 22.6 Å². The molecule has 0 aliphatic carbocycles. The number of aliphatic carboxylic acids is 1. The van der Waals surface area contributed by atoms with Gasteiger partial charge in [0.25, 0.3) is 0 Å². The van der Waals surface area contributed by atoms with Gasteiger partial charge in [-0.15, -0.1) is 0 Å². The highest BCUT2D eigenvalue weighted by Crippen LogP contribution is 2.13. The molecule has 0 radical (unpaired) electrons. The van der Waals surface area contributed by atoms with Gasteiger partial charge in [0.2, 0.25) is 0 Å². The van der Waals surface area contributed by atoms with Crippen molar-refractivity contribution in [2.75, 3.05) is 12.0 Å². The Hall–Kier alpha value is -2.30. The fourth-order valence-corrected chi connectivity index (χ4v) is 1.49. The zero-order valence-electron chi connectivity index (χ0n) is 8.93. The summed E-state index contributed by atoms with van der Waals surface area (Å²) in [6.07, 6.45) is 4.85. The molecule has 1 aliphatic rings. The molecule has 1 heterocycles. The first-order chi connectivity index (χ1) is 8.15. The van der Waals surface area contributed by atoms with Crippen LogP contribution in [0.15, 0.2) is 48.2 Å². The van der Waals surface area contributed by atoms with Crippen molar-refractivity contribution in [3.8, 4) is 0 Å². The van der Waals surface area contributed by atoms with Crippen molar-refractivity contribution in [3.63, 3.8) is 0 Å². The highest BCUT2D eigenvalue weighted by molar-refractivity contribution is 5.87. The van der Waals surface area contributed by atoms with E-state index in [4.69, 9.17) is 5.11 Å². The Bertz CT molecular complexity index is 497. The number of carbonyl (C=O) groups is 1. The lowest BCUT2D eigenvalue weighted by atomic mass is 10.2. The largest absolute Gasteiger partial charge is 0.478 e. The number of nitrogens with one attached hydrogen (secondary N) is 1. The Morgan fingerprint density at radius 3 is 3.00 bits per heavy atom. The second-order valence-electron chi connectivity index (χ2n) is 3.59. The first-order valence-electron chi connectivity index (χ1n) is 5.05. The summed E-state index contributed by atoms with van der Waals surface area (Å²) in [6, 6.07) is 5.97. The Balaban J connectivity index is 2.05. The van der Waals surface area contributed by atoms with Crippen molar-refractivity contribution in [2.45, 2.75) is 0 Å².